The third kappa shape index (κ3) is 1.31. The highest BCUT2D eigenvalue weighted by atomic mass is 16.5. The van der Waals surface area contributed by atoms with E-state index in [0.717, 1.165) is 18.3 Å². The van der Waals surface area contributed by atoms with Crippen molar-refractivity contribution in [2.45, 2.75) is 37.8 Å². The molecule has 1 saturated carbocycles. The number of pyridine rings is 1. The monoisotopic (exact) mass is 244 g/mol. The molecule has 3 heterocycles. The second-order valence-corrected chi connectivity index (χ2v) is 6.17. The number of hydrogen-bond donors (Lipinski definition) is 0. The summed E-state index contributed by atoms with van der Waals surface area (Å²) in [5.41, 5.74) is 0.416. The van der Waals surface area contributed by atoms with Crippen molar-refractivity contribution < 1.29 is 4.74 Å². The van der Waals surface area contributed by atoms with E-state index >= 15 is 0 Å². The van der Waals surface area contributed by atoms with E-state index in [1.807, 2.05) is 24.4 Å². The Labute approximate surface area is 108 Å². The van der Waals surface area contributed by atoms with E-state index in [1.165, 1.54) is 25.8 Å². The molecule has 1 aromatic rings. The quantitative estimate of drug-likeness (QED) is 0.798. The molecular weight excluding hydrogens is 224 g/mol. The topological polar surface area (TPSA) is 25.4 Å². The van der Waals surface area contributed by atoms with Crippen molar-refractivity contribution in [2.24, 2.45) is 11.8 Å². The van der Waals surface area contributed by atoms with Crippen LogP contribution >= 0.6 is 0 Å². The van der Waals surface area contributed by atoms with Crippen LogP contribution in [0.4, 0.5) is 0 Å². The Morgan fingerprint density at radius 3 is 3.11 bits per heavy atom. The summed E-state index contributed by atoms with van der Waals surface area (Å²) in [6.07, 6.45) is 6.26. The second kappa shape index (κ2) is 3.70. The summed E-state index contributed by atoms with van der Waals surface area (Å²) < 4.78 is 6.15. The van der Waals surface area contributed by atoms with Crippen LogP contribution in [0.3, 0.4) is 0 Å². The van der Waals surface area contributed by atoms with Gasteiger partial charge >= 0.3 is 0 Å². The lowest BCUT2D eigenvalue weighted by Crippen LogP contribution is -2.41. The molecule has 0 aromatic carbocycles. The zero-order valence-corrected chi connectivity index (χ0v) is 10.9. The first-order chi connectivity index (χ1) is 8.78. The molecule has 0 radical (unpaired) electrons. The predicted octanol–water partition coefficient (Wildman–Crippen LogP) is 2.33. The minimum atomic E-state index is 0.343. The van der Waals surface area contributed by atoms with E-state index in [0.29, 0.717) is 17.6 Å². The van der Waals surface area contributed by atoms with Crippen LogP contribution in [0, 0.1) is 11.8 Å². The standard InChI is InChI=1S/C15H20N2O/c1-15-11-5-6-12(15)13(10-17(15)9-7-11)18-14-4-2-3-8-16-14/h2-4,8,11-13H,5-7,9-10H2,1H3/t11-,12+,13+,15+/m0/s1. The van der Waals surface area contributed by atoms with E-state index in [1.54, 1.807) is 0 Å². The minimum absolute atomic E-state index is 0.343. The van der Waals surface area contributed by atoms with Gasteiger partial charge in [-0.05, 0) is 44.7 Å². The predicted molar refractivity (Wildman–Crippen MR) is 69.5 cm³/mol. The summed E-state index contributed by atoms with van der Waals surface area (Å²) in [6, 6.07) is 5.91. The van der Waals surface area contributed by atoms with E-state index < -0.39 is 0 Å². The van der Waals surface area contributed by atoms with Gasteiger partial charge in [0.2, 0.25) is 5.88 Å². The van der Waals surface area contributed by atoms with Gasteiger partial charge < -0.3 is 4.74 Å². The molecule has 2 aliphatic heterocycles. The largest absolute Gasteiger partial charge is 0.473 e. The van der Waals surface area contributed by atoms with Gasteiger partial charge in [-0.3, -0.25) is 4.90 Å². The van der Waals surface area contributed by atoms with Gasteiger partial charge in [-0.2, -0.15) is 0 Å². The lowest BCUT2D eigenvalue weighted by atomic mass is 9.84. The van der Waals surface area contributed by atoms with Crippen molar-refractivity contribution in [3.05, 3.63) is 24.4 Å². The van der Waals surface area contributed by atoms with Crippen LogP contribution in [-0.2, 0) is 0 Å². The molecule has 2 saturated heterocycles. The van der Waals surface area contributed by atoms with E-state index in [2.05, 4.69) is 16.8 Å². The molecule has 96 valence electrons. The first-order valence-electron chi connectivity index (χ1n) is 7.11. The summed E-state index contributed by atoms with van der Waals surface area (Å²) in [6.45, 7) is 4.82. The Bertz CT molecular complexity index is 449. The summed E-state index contributed by atoms with van der Waals surface area (Å²) in [5.74, 6) is 2.39. The van der Waals surface area contributed by atoms with E-state index in [9.17, 15) is 0 Å². The molecule has 3 nitrogen and oxygen atoms in total. The average molecular weight is 244 g/mol. The van der Waals surface area contributed by atoms with Crippen LogP contribution in [0.25, 0.3) is 0 Å². The molecule has 1 aliphatic carbocycles. The molecule has 0 N–H and O–H groups in total. The highest BCUT2D eigenvalue weighted by Gasteiger charge is 2.61. The number of aromatic nitrogens is 1. The number of ether oxygens (including phenoxy) is 1. The zero-order valence-electron chi connectivity index (χ0n) is 10.9. The number of rotatable bonds is 2. The molecule has 18 heavy (non-hydrogen) atoms. The molecule has 4 atom stereocenters. The van der Waals surface area contributed by atoms with Crippen molar-refractivity contribution >= 4 is 0 Å². The van der Waals surface area contributed by atoms with Crippen LogP contribution in [-0.4, -0.2) is 34.6 Å². The highest BCUT2D eigenvalue weighted by molar-refractivity contribution is 5.17. The van der Waals surface area contributed by atoms with Gasteiger partial charge in [0.25, 0.3) is 0 Å². The van der Waals surface area contributed by atoms with Crippen molar-refractivity contribution in [2.75, 3.05) is 13.1 Å². The molecule has 0 amide bonds. The summed E-state index contributed by atoms with van der Waals surface area (Å²) in [4.78, 5) is 6.97. The van der Waals surface area contributed by atoms with Crippen LogP contribution in [0.5, 0.6) is 5.88 Å². The van der Waals surface area contributed by atoms with Crippen LogP contribution in [0.2, 0.25) is 0 Å². The molecule has 3 fully saturated rings. The van der Waals surface area contributed by atoms with Gasteiger partial charge in [0.05, 0.1) is 0 Å². The Hall–Kier alpha value is -1.09. The first kappa shape index (κ1) is 10.8. The van der Waals surface area contributed by atoms with E-state index in [-0.39, 0.29) is 0 Å². The van der Waals surface area contributed by atoms with Gasteiger partial charge in [-0.15, -0.1) is 0 Å². The normalized spacial score (nSPS) is 42.2. The van der Waals surface area contributed by atoms with Gasteiger partial charge in [0.15, 0.2) is 0 Å². The Morgan fingerprint density at radius 1 is 1.33 bits per heavy atom. The smallest absolute Gasteiger partial charge is 0.213 e. The molecule has 0 bridgehead atoms. The number of hydrogen-bond acceptors (Lipinski definition) is 3. The highest BCUT2D eigenvalue weighted by Crippen LogP contribution is 2.55. The first-order valence-corrected chi connectivity index (χ1v) is 7.11. The third-order valence-electron chi connectivity index (χ3n) is 5.59. The molecule has 3 aliphatic rings. The van der Waals surface area contributed by atoms with Gasteiger partial charge in [-0.25, -0.2) is 4.98 Å². The molecule has 0 spiro atoms. The molecular formula is C15H20N2O. The molecule has 0 unspecified atom stereocenters. The maximum Gasteiger partial charge on any atom is 0.213 e. The van der Waals surface area contributed by atoms with Gasteiger partial charge in [0, 0.05) is 30.3 Å². The SMILES string of the molecule is C[C@@]12[C@H]3CC[C@@H]1[C@H](Oc1ccccn1)CN2CC3. The summed E-state index contributed by atoms with van der Waals surface area (Å²) in [7, 11) is 0. The average Bonchev–Trinajstić information content (AvgIpc) is 2.96. The summed E-state index contributed by atoms with van der Waals surface area (Å²) in [5, 5.41) is 0. The maximum absolute atomic E-state index is 6.15. The van der Waals surface area contributed by atoms with Crippen molar-refractivity contribution in [1.29, 1.82) is 0 Å². The Kier molecular flexibility index (Phi) is 2.22. The fraction of sp³-hybridized carbons (Fsp3) is 0.667. The molecule has 3 heteroatoms. The molecule has 4 rings (SSSR count). The molecule has 1 aromatic heterocycles. The zero-order chi connectivity index (χ0) is 12.2. The Morgan fingerprint density at radius 2 is 2.28 bits per heavy atom. The van der Waals surface area contributed by atoms with Gasteiger partial charge in [0.1, 0.15) is 6.10 Å². The number of nitrogens with zero attached hydrogens (tertiary/aromatic N) is 2. The summed E-state index contributed by atoms with van der Waals surface area (Å²) >= 11 is 0. The fourth-order valence-corrected chi connectivity index (χ4v) is 4.64. The fourth-order valence-electron chi connectivity index (χ4n) is 4.64. The van der Waals surface area contributed by atoms with Crippen LogP contribution in [0.15, 0.2) is 24.4 Å². The van der Waals surface area contributed by atoms with Gasteiger partial charge in [-0.1, -0.05) is 6.07 Å². The van der Waals surface area contributed by atoms with Crippen LogP contribution in [0.1, 0.15) is 26.2 Å². The Balaban J connectivity index is 1.58. The maximum atomic E-state index is 6.15. The van der Waals surface area contributed by atoms with E-state index in [4.69, 9.17) is 4.74 Å². The van der Waals surface area contributed by atoms with Crippen LogP contribution < -0.4 is 4.74 Å². The van der Waals surface area contributed by atoms with Crippen molar-refractivity contribution in [1.82, 2.24) is 9.88 Å². The second-order valence-electron chi connectivity index (χ2n) is 6.17. The van der Waals surface area contributed by atoms with Crippen molar-refractivity contribution in [3.8, 4) is 5.88 Å². The lowest BCUT2D eigenvalue weighted by molar-refractivity contribution is 0.138. The lowest BCUT2D eigenvalue weighted by Gasteiger charge is -2.32. The third-order valence-corrected chi connectivity index (χ3v) is 5.59. The van der Waals surface area contributed by atoms with Crippen molar-refractivity contribution in [3.63, 3.8) is 0 Å². The minimum Gasteiger partial charge on any atom is -0.473 e.